The fraction of sp³-hybridized carbons (Fsp3) is 0.381. The number of hydrogen-bond acceptors (Lipinski definition) is 2. The van der Waals surface area contributed by atoms with Gasteiger partial charge in [-0.3, -0.25) is 9.69 Å². The van der Waals surface area contributed by atoms with Gasteiger partial charge in [0.05, 0.1) is 0 Å². The van der Waals surface area contributed by atoms with Crippen LogP contribution in [0, 0.1) is 6.92 Å². The SMILES string of the molecule is Cc1ccc(C(=O)NCc2ccccc2CN2CCCCC2)cc1. The van der Waals surface area contributed by atoms with Crippen LogP contribution in [0.4, 0.5) is 0 Å². The molecule has 126 valence electrons. The van der Waals surface area contributed by atoms with Crippen molar-refractivity contribution in [3.63, 3.8) is 0 Å². The maximum Gasteiger partial charge on any atom is 0.251 e. The number of amides is 1. The van der Waals surface area contributed by atoms with Crippen LogP contribution in [0.2, 0.25) is 0 Å². The van der Waals surface area contributed by atoms with Gasteiger partial charge in [-0.05, 0) is 56.1 Å². The lowest BCUT2D eigenvalue weighted by Gasteiger charge is -2.27. The number of carbonyl (C=O) groups excluding carboxylic acids is 1. The first-order valence-electron chi connectivity index (χ1n) is 8.86. The Morgan fingerprint density at radius 2 is 1.62 bits per heavy atom. The van der Waals surface area contributed by atoms with E-state index in [9.17, 15) is 4.79 Å². The Balaban J connectivity index is 1.62. The summed E-state index contributed by atoms with van der Waals surface area (Å²) in [5.41, 5.74) is 4.42. The van der Waals surface area contributed by atoms with E-state index in [0.29, 0.717) is 12.1 Å². The van der Waals surface area contributed by atoms with Crippen LogP contribution < -0.4 is 5.32 Å². The third-order valence-electron chi connectivity index (χ3n) is 4.71. The molecule has 2 aromatic rings. The Labute approximate surface area is 144 Å². The summed E-state index contributed by atoms with van der Waals surface area (Å²) in [5, 5.41) is 3.05. The molecule has 24 heavy (non-hydrogen) atoms. The second kappa shape index (κ2) is 8.11. The number of piperidine rings is 1. The van der Waals surface area contributed by atoms with Gasteiger partial charge < -0.3 is 5.32 Å². The highest BCUT2D eigenvalue weighted by Gasteiger charge is 2.13. The average Bonchev–Trinajstić information content (AvgIpc) is 2.62. The lowest BCUT2D eigenvalue weighted by molar-refractivity contribution is 0.0950. The highest BCUT2D eigenvalue weighted by Crippen LogP contribution is 2.16. The lowest BCUT2D eigenvalue weighted by Crippen LogP contribution is -2.30. The van der Waals surface area contributed by atoms with Gasteiger partial charge in [-0.25, -0.2) is 0 Å². The Bertz CT molecular complexity index is 672. The second-order valence-electron chi connectivity index (χ2n) is 6.65. The number of rotatable bonds is 5. The van der Waals surface area contributed by atoms with Crippen molar-refractivity contribution in [2.75, 3.05) is 13.1 Å². The third kappa shape index (κ3) is 4.45. The van der Waals surface area contributed by atoms with Gasteiger partial charge in [-0.2, -0.15) is 0 Å². The molecule has 0 spiro atoms. The molecule has 0 aliphatic carbocycles. The molecule has 1 aliphatic rings. The molecule has 0 atom stereocenters. The van der Waals surface area contributed by atoms with E-state index in [4.69, 9.17) is 0 Å². The molecule has 0 unspecified atom stereocenters. The first-order chi connectivity index (χ1) is 11.7. The molecule has 3 heteroatoms. The zero-order valence-electron chi connectivity index (χ0n) is 14.4. The van der Waals surface area contributed by atoms with Crippen molar-refractivity contribution in [1.82, 2.24) is 10.2 Å². The quantitative estimate of drug-likeness (QED) is 0.905. The van der Waals surface area contributed by atoms with Gasteiger partial charge in [0.25, 0.3) is 5.91 Å². The van der Waals surface area contributed by atoms with E-state index < -0.39 is 0 Å². The molecule has 3 nitrogen and oxygen atoms in total. The summed E-state index contributed by atoms with van der Waals surface area (Å²) in [6.07, 6.45) is 3.95. The molecule has 0 radical (unpaired) electrons. The fourth-order valence-corrected chi connectivity index (χ4v) is 3.23. The molecule has 0 aromatic heterocycles. The van der Waals surface area contributed by atoms with Crippen LogP contribution in [-0.2, 0) is 13.1 Å². The van der Waals surface area contributed by atoms with Crippen LogP contribution in [0.3, 0.4) is 0 Å². The Morgan fingerprint density at radius 3 is 2.33 bits per heavy atom. The number of benzene rings is 2. The zero-order chi connectivity index (χ0) is 16.8. The van der Waals surface area contributed by atoms with Gasteiger partial charge in [0.1, 0.15) is 0 Å². The average molecular weight is 322 g/mol. The normalized spacial score (nSPS) is 15.2. The minimum atomic E-state index is -0.0113. The van der Waals surface area contributed by atoms with Gasteiger partial charge in [0, 0.05) is 18.7 Å². The molecular weight excluding hydrogens is 296 g/mol. The third-order valence-corrected chi connectivity index (χ3v) is 4.71. The molecule has 0 saturated carbocycles. The van der Waals surface area contributed by atoms with Crippen LogP contribution in [-0.4, -0.2) is 23.9 Å². The summed E-state index contributed by atoms with van der Waals surface area (Å²) >= 11 is 0. The van der Waals surface area contributed by atoms with Crippen molar-refractivity contribution in [2.45, 2.75) is 39.3 Å². The van der Waals surface area contributed by atoms with Crippen molar-refractivity contribution < 1.29 is 4.79 Å². The topological polar surface area (TPSA) is 32.3 Å². The van der Waals surface area contributed by atoms with Crippen molar-refractivity contribution >= 4 is 5.91 Å². The van der Waals surface area contributed by atoms with Gasteiger partial charge >= 0.3 is 0 Å². The maximum atomic E-state index is 12.3. The lowest BCUT2D eigenvalue weighted by atomic mass is 10.0. The molecular formula is C21H26N2O. The number of carbonyl (C=O) groups is 1. The summed E-state index contributed by atoms with van der Waals surface area (Å²) in [6, 6.07) is 16.1. The zero-order valence-corrected chi connectivity index (χ0v) is 14.4. The molecule has 1 heterocycles. The second-order valence-corrected chi connectivity index (χ2v) is 6.65. The molecule has 1 N–H and O–H groups in total. The molecule has 1 fully saturated rings. The first kappa shape index (κ1) is 16.7. The molecule has 1 amide bonds. The van der Waals surface area contributed by atoms with Crippen molar-refractivity contribution in [1.29, 1.82) is 0 Å². The number of aryl methyl sites for hydroxylation is 1. The summed E-state index contributed by atoms with van der Waals surface area (Å²) in [6.45, 7) is 5.96. The smallest absolute Gasteiger partial charge is 0.251 e. The van der Waals surface area contributed by atoms with Crippen molar-refractivity contribution in [2.24, 2.45) is 0 Å². The fourth-order valence-electron chi connectivity index (χ4n) is 3.23. The van der Waals surface area contributed by atoms with E-state index in [0.717, 1.165) is 6.54 Å². The monoisotopic (exact) mass is 322 g/mol. The highest BCUT2D eigenvalue weighted by molar-refractivity contribution is 5.94. The van der Waals surface area contributed by atoms with Gasteiger partial charge in [0.15, 0.2) is 0 Å². The van der Waals surface area contributed by atoms with E-state index in [1.807, 2.05) is 37.3 Å². The minimum Gasteiger partial charge on any atom is -0.348 e. The molecule has 3 rings (SSSR count). The summed E-state index contributed by atoms with van der Waals surface area (Å²) in [5.74, 6) is -0.0113. The minimum absolute atomic E-state index is 0.0113. The summed E-state index contributed by atoms with van der Waals surface area (Å²) < 4.78 is 0. The van der Waals surface area contributed by atoms with E-state index >= 15 is 0 Å². The number of hydrogen-bond donors (Lipinski definition) is 1. The van der Waals surface area contributed by atoms with E-state index in [1.165, 1.54) is 49.0 Å². The Kier molecular flexibility index (Phi) is 5.65. The van der Waals surface area contributed by atoms with Gasteiger partial charge in [0.2, 0.25) is 0 Å². The van der Waals surface area contributed by atoms with Crippen LogP contribution >= 0.6 is 0 Å². The first-order valence-corrected chi connectivity index (χ1v) is 8.86. The number of nitrogens with zero attached hydrogens (tertiary/aromatic N) is 1. The van der Waals surface area contributed by atoms with E-state index in [2.05, 4.69) is 28.4 Å². The maximum absolute atomic E-state index is 12.3. The van der Waals surface area contributed by atoms with Crippen LogP contribution in [0.1, 0.15) is 46.3 Å². The van der Waals surface area contributed by atoms with Crippen molar-refractivity contribution in [3.05, 3.63) is 70.8 Å². The molecule has 1 aliphatic heterocycles. The van der Waals surface area contributed by atoms with E-state index in [1.54, 1.807) is 0 Å². The predicted octanol–water partition coefficient (Wildman–Crippen LogP) is 3.91. The number of nitrogens with one attached hydrogen (secondary N) is 1. The largest absolute Gasteiger partial charge is 0.348 e. The summed E-state index contributed by atoms with van der Waals surface area (Å²) in [7, 11) is 0. The van der Waals surface area contributed by atoms with Crippen LogP contribution in [0.25, 0.3) is 0 Å². The highest BCUT2D eigenvalue weighted by atomic mass is 16.1. The standard InChI is InChI=1S/C21H26N2O/c1-17-9-11-18(12-10-17)21(24)22-15-19-7-3-4-8-20(19)16-23-13-5-2-6-14-23/h3-4,7-12H,2,5-6,13-16H2,1H3,(H,22,24). The Hall–Kier alpha value is -2.13. The number of likely N-dealkylation sites (tertiary alicyclic amines) is 1. The van der Waals surface area contributed by atoms with Gasteiger partial charge in [-0.1, -0.05) is 48.4 Å². The van der Waals surface area contributed by atoms with Crippen molar-refractivity contribution in [3.8, 4) is 0 Å². The Morgan fingerprint density at radius 1 is 0.958 bits per heavy atom. The van der Waals surface area contributed by atoms with Crippen LogP contribution in [0.15, 0.2) is 48.5 Å². The van der Waals surface area contributed by atoms with Gasteiger partial charge in [-0.15, -0.1) is 0 Å². The predicted molar refractivity (Wildman–Crippen MR) is 97.9 cm³/mol. The van der Waals surface area contributed by atoms with Crippen LogP contribution in [0.5, 0.6) is 0 Å². The molecule has 0 bridgehead atoms. The molecule has 2 aromatic carbocycles. The molecule has 1 saturated heterocycles. The van der Waals surface area contributed by atoms with E-state index in [-0.39, 0.29) is 5.91 Å². The summed E-state index contributed by atoms with van der Waals surface area (Å²) in [4.78, 5) is 14.8.